The molecule has 2 aliphatic heterocycles. The van der Waals surface area contributed by atoms with Gasteiger partial charge < -0.3 is 14.5 Å². The van der Waals surface area contributed by atoms with Crippen molar-refractivity contribution in [3.05, 3.63) is 63.0 Å². The Morgan fingerprint density at radius 2 is 1.88 bits per heavy atom. The van der Waals surface area contributed by atoms with Crippen LogP contribution in [0.1, 0.15) is 56.4 Å². The number of ether oxygens (including phenoxy) is 1. The summed E-state index contributed by atoms with van der Waals surface area (Å²) in [5, 5.41) is 11.0. The van der Waals surface area contributed by atoms with Gasteiger partial charge in [0.05, 0.1) is 28.9 Å². The molecule has 0 atom stereocenters. The number of nitro benzene ring substituents is 1. The van der Waals surface area contributed by atoms with Gasteiger partial charge in [0, 0.05) is 31.9 Å². The molecule has 0 radical (unpaired) electrons. The fraction of sp³-hybridized carbons (Fsp3) is 0.500. The average Bonchev–Trinajstić information content (AvgIpc) is 3.17. The van der Waals surface area contributed by atoms with Gasteiger partial charge in [-0.05, 0) is 63.1 Å². The number of benzene rings is 1. The van der Waals surface area contributed by atoms with Crippen molar-refractivity contribution in [2.24, 2.45) is 0 Å². The van der Waals surface area contributed by atoms with Crippen LogP contribution in [-0.2, 0) is 17.7 Å². The number of nitro groups is 1. The van der Waals surface area contributed by atoms with Crippen LogP contribution in [0.25, 0.3) is 0 Å². The number of non-ortho nitro benzene ring substituents is 1. The largest absolute Gasteiger partial charge is 0.444 e. The van der Waals surface area contributed by atoms with E-state index in [1.165, 1.54) is 12.1 Å². The van der Waals surface area contributed by atoms with E-state index in [2.05, 4.69) is 4.98 Å². The van der Waals surface area contributed by atoms with Gasteiger partial charge in [-0.3, -0.25) is 15.1 Å². The molecule has 34 heavy (non-hydrogen) atoms. The predicted molar refractivity (Wildman–Crippen MR) is 122 cm³/mol. The maximum absolute atomic E-state index is 14.9. The number of carbonyl (C=O) groups excluding carboxylic acids is 1. The number of amides is 1. The van der Waals surface area contributed by atoms with Crippen molar-refractivity contribution >= 4 is 17.5 Å². The third-order valence-corrected chi connectivity index (χ3v) is 6.20. The van der Waals surface area contributed by atoms with Crippen molar-refractivity contribution < 1.29 is 23.2 Å². The molecule has 1 aromatic heterocycles. The Morgan fingerprint density at radius 3 is 2.50 bits per heavy atom. The minimum Gasteiger partial charge on any atom is -0.444 e. The lowest BCUT2D eigenvalue weighted by Gasteiger charge is -2.33. The van der Waals surface area contributed by atoms with Crippen molar-refractivity contribution in [3.8, 4) is 0 Å². The van der Waals surface area contributed by atoms with Crippen LogP contribution in [0.3, 0.4) is 0 Å². The third kappa shape index (κ3) is 5.10. The number of anilines is 1. The van der Waals surface area contributed by atoms with Crippen molar-refractivity contribution in [1.29, 1.82) is 0 Å². The van der Waals surface area contributed by atoms with Crippen LogP contribution in [0.5, 0.6) is 0 Å². The fourth-order valence-electron chi connectivity index (χ4n) is 4.54. The van der Waals surface area contributed by atoms with E-state index in [0.29, 0.717) is 44.5 Å². The molecule has 4 rings (SSSR count). The lowest BCUT2D eigenvalue weighted by molar-refractivity contribution is -0.385. The Balaban J connectivity index is 1.41. The molecule has 3 heterocycles. The number of aromatic nitrogens is 1. The number of hydrogen-bond donors (Lipinski definition) is 0. The SMILES string of the molecule is CC(C)(C)OC(=O)N1CCC(c2cnc(CN3CCc4cc([N+](=O)[O-])cc(F)c43)c(F)c2)CC1. The number of nitrogens with zero attached hydrogens (tertiary/aromatic N) is 4. The fourth-order valence-corrected chi connectivity index (χ4v) is 4.54. The van der Waals surface area contributed by atoms with Gasteiger partial charge in [0.25, 0.3) is 5.69 Å². The molecule has 0 spiro atoms. The van der Waals surface area contributed by atoms with Crippen LogP contribution in [0.15, 0.2) is 24.4 Å². The summed E-state index contributed by atoms with van der Waals surface area (Å²) in [6.07, 6.45) is 3.13. The highest BCUT2D eigenvalue weighted by molar-refractivity contribution is 5.68. The van der Waals surface area contributed by atoms with E-state index < -0.39 is 22.2 Å². The van der Waals surface area contributed by atoms with Crippen LogP contribution in [0.4, 0.5) is 25.0 Å². The number of piperidine rings is 1. The van der Waals surface area contributed by atoms with E-state index in [1.807, 2.05) is 20.8 Å². The lowest BCUT2D eigenvalue weighted by Crippen LogP contribution is -2.41. The minimum absolute atomic E-state index is 0.0743. The molecule has 0 bridgehead atoms. The number of fused-ring (bicyclic) bond motifs is 1. The Bertz CT molecular complexity index is 1110. The Kier molecular flexibility index (Phi) is 6.42. The molecule has 0 N–H and O–H groups in total. The van der Waals surface area contributed by atoms with Gasteiger partial charge in [0.1, 0.15) is 11.4 Å². The molecular formula is C24H28F2N4O4. The van der Waals surface area contributed by atoms with Gasteiger partial charge >= 0.3 is 6.09 Å². The Morgan fingerprint density at radius 1 is 1.18 bits per heavy atom. The average molecular weight is 475 g/mol. The molecule has 1 amide bonds. The molecule has 8 nitrogen and oxygen atoms in total. The van der Waals surface area contributed by atoms with Crippen LogP contribution < -0.4 is 4.90 Å². The summed E-state index contributed by atoms with van der Waals surface area (Å²) in [4.78, 5) is 30.3. The van der Waals surface area contributed by atoms with Crippen LogP contribution >= 0.6 is 0 Å². The molecule has 2 aromatic rings. The van der Waals surface area contributed by atoms with Crippen LogP contribution in [0, 0.1) is 21.7 Å². The summed E-state index contributed by atoms with van der Waals surface area (Å²) >= 11 is 0. The maximum Gasteiger partial charge on any atom is 0.410 e. The van der Waals surface area contributed by atoms with Gasteiger partial charge in [-0.1, -0.05) is 0 Å². The smallest absolute Gasteiger partial charge is 0.410 e. The van der Waals surface area contributed by atoms with Gasteiger partial charge in [0.2, 0.25) is 0 Å². The molecule has 10 heteroatoms. The third-order valence-electron chi connectivity index (χ3n) is 6.20. The summed E-state index contributed by atoms with van der Waals surface area (Å²) in [5.74, 6) is -1.07. The highest BCUT2D eigenvalue weighted by Gasteiger charge is 2.30. The molecule has 0 saturated carbocycles. The van der Waals surface area contributed by atoms with Crippen LogP contribution in [0.2, 0.25) is 0 Å². The normalized spacial score (nSPS) is 16.5. The van der Waals surface area contributed by atoms with E-state index in [9.17, 15) is 23.7 Å². The molecule has 1 aromatic carbocycles. The summed E-state index contributed by atoms with van der Waals surface area (Å²) in [6, 6.07) is 3.74. The van der Waals surface area contributed by atoms with E-state index in [-0.39, 0.29) is 35.6 Å². The first-order chi connectivity index (χ1) is 16.0. The summed E-state index contributed by atoms with van der Waals surface area (Å²) < 4.78 is 34.9. The second kappa shape index (κ2) is 9.15. The number of pyridine rings is 1. The van der Waals surface area contributed by atoms with E-state index in [0.717, 1.165) is 11.6 Å². The monoisotopic (exact) mass is 474 g/mol. The number of likely N-dealkylation sites (tertiary alicyclic amines) is 1. The van der Waals surface area contributed by atoms with E-state index in [1.54, 1.807) is 16.0 Å². The number of hydrogen-bond acceptors (Lipinski definition) is 6. The quantitative estimate of drug-likeness (QED) is 0.460. The highest BCUT2D eigenvalue weighted by Crippen LogP contribution is 2.36. The molecule has 2 aliphatic rings. The van der Waals surface area contributed by atoms with Crippen molar-refractivity contribution in [1.82, 2.24) is 9.88 Å². The van der Waals surface area contributed by atoms with Gasteiger partial charge in [-0.2, -0.15) is 0 Å². The maximum atomic E-state index is 14.9. The van der Waals surface area contributed by atoms with Gasteiger partial charge in [-0.15, -0.1) is 0 Å². The summed E-state index contributed by atoms with van der Waals surface area (Å²) in [5.41, 5.74) is 0.939. The Labute approximate surface area is 196 Å². The van der Waals surface area contributed by atoms with Crippen molar-refractivity contribution in [2.75, 3.05) is 24.5 Å². The standard InChI is InChI=1S/C24H28F2N4O4/c1-24(2,3)34-23(31)28-7-4-15(5-8-28)17-11-19(25)21(27-13-17)14-29-9-6-16-10-18(30(32)33)12-20(26)22(16)29/h10-13,15H,4-9,14H2,1-3H3. The van der Waals surface area contributed by atoms with Crippen LogP contribution in [-0.4, -0.2) is 46.1 Å². The predicted octanol–water partition coefficient (Wildman–Crippen LogP) is 4.95. The summed E-state index contributed by atoms with van der Waals surface area (Å²) in [7, 11) is 0. The number of rotatable bonds is 4. The zero-order chi connectivity index (χ0) is 24.6. The molecule has 1 fully saturated rings. The first-order valence-electron chi connectivity index (χ1n) is 11.4. The molecule has 0 aliphatic carbocycles. The second-order valence-electron chi connectivity index (χ2n) is 9.80. The zero-order valence-corrected chi connectivity index (χ0v) is 19.5. The lowest BCUT2D eigenvalue weighted by atomic mass is 9.90. The van der Waals surface area contributed by atoms with E-state index >= 15 is 0 Å². The van der Waals surface area contributed by atoms with Gasteiger partial charge in [-0.25, -0.2) is 13.6 Å². The van der Waals surface area contributed by atoms with Crippen molar-refractivity contribution in [2.45, 2.75) is 58.1 Å². The molecule has 1 saturated heterocycles. The van der Waals surface area contributed by atoms with Gasteiger partial charge in [0.15, 0.2) is 5.82 Å². The Hall–Kier alpha value is -3.30. The van der Waals surface area contributed by atoms with Crippen molar-refractivity contribution in [3.63, 3.8) is 0 Å². The highest BCUT2D eigenvalue weighted by atomic mass is 19.1. The topological polar surface area (TPSA) is 88.8 Å². The minimum atomic E-state index is -0.685. The zero-order valence-electron chi connectivity index (χ0n) is 19.5. The second-order valence-corrected chi connectivity index (χ2v) is 9.80. The number of carbonyl (C=O) groups is 1. The number of halogens is 2. The first kappa shape index (κ1) is 23.8. The molecule has 0 unspecified atom stereocenters. The molecular weight excluding hydrogens is 446 g/mol. The van der Waals surface area contributed by atoms with E-state index in [4.69, 9.17) is 4.74 Å². The summed E-state index contributed by atoms with van der Waals surface area (Å²) in [6.45, 7) is 7.04. The molecule has 182 valence electrons. The first-order valence-corrected chi connectivity index (χ1v) is 11.4.